The number of nitro benzene ring substituents is 1. The molecular weight excluding hydrogens is 288 g/mol. The molecule has 1 amide bonds. The fourth-order valence-electron chi connectivity index (χ4n) is 2.20. The van der Waals surface area contributed by atoms with Crippen molar-refractivity contribution in [3.63, 3.8) is 0 Å². The van der Waals surface area contributed by atoms with Gasteiger partial charge in [0.1, 0.15) is 6.54 Å². The molecule has 0 saturated heterocycles. The smallest absolute Gasteiger partial charge is 0.323 e. The van der Waals surface area contributed by atoms with Crippen LogP contribution >= 0.6 is 0 Å². The summed E-state index contributed by atoms with van der Waals surface area (Å²) in [7, 11) is 0. The maximum absolute atomic E-state index is 12.6. The van der Waals surface area contributed by atoms with Gasteiger partial charge in [-0.1, -0.05) is 19.1 Å². The first-order valence-electron chi connectivity index (χ1n) is 6.96. The number of aliphatic carboxylic acids is 1. The number of rotatable bonds is 7. The lowest BCUT2D eigenvalue weighted by Gasteiger charge is -2.31. The number of hydrogen-bond acceptors (Lipinski definition) is 4. The molecule has 7 heteroatoms. The lowest BCUT2D eigenvalue weighted by Crippen LogP contribution is -2.46. The predicted octanol–water partition coefficient (Wildman–Crippen LogP) is 2.20. The molecule has 1 rings (SSSR count). The van der Waals surface area contributed by atoms with Crippen LogP contribution in [0.3, 0.4) is 0 Å². The molecule has 0 spiro atoms. The minimum absolute atomic E-state index is 0.0528. The molecule has 0 aliphatic rings. The highest BCUT2D eigenvalue weighted by Crippen LogP contribution is 2.27. The van der Waals surface area contributed by atoms with Gasteiger partial charge >= 0.3 is 5.97 Å². The number of carbonyl (C=O) groups excluding carboxylic acids is 1. The number of carbonyl (C=O) groups is 2. The minimum Gasteiger partial charge on any atom is -0.480 e. The van der Waals surface area contributed by atoms with E-state index in [1.807, 2.05) is 6.92 Å². The molecule has 0 saturated carbocycles. The first-order valence-corrected chi connectivity index (χ1v) is 6.96. The molecule has 22 heavy (non-hydrogen) atoms. The number of carboxylic acid groups (broad SMARTS) is 1. The Balaban J connectivity index is 3.05. The summed E-state index contributed by atoms with van der Waals surface area (Å²) in [6, 6.07) is 5.74. The molecule has 0 fully saturated rings. The van der Waals surface area contributed by atoms with Crippen molar-refractivity contribution < 1.29 is 19.6 Å². The quantitative estimate of drug-likeness (QED) is 0.614. The molecule has 1 N–H and O–H groups in total. The number of hydrogen-bond donors (Lipinski definition) is 1. The third-order valence-corrected chi connectivity index (χ3v) is 3.44. The van der Waals surface area contributed by atoms with Gasteiger partial charge in [0.25, 0.3) is 5.69 Å². The number of amides is 1. The van der Waals surface area contributed by atoms with Crippen LogP contribution in [0.25, 0.3) is 0 Å². The van der Waals surface area contributed by atoms with E-state index in [1.165, 1.54) is 29.2 Å². The van der Waals surface area contributed by atoms with Gasteiger partial charge in [0.2, 0.25) is 5.91 Å². The average molecular weight is 308 g/mol. The number of carboxylic acids is 1. The third-order valence-electron chi connectivity index (χ3n) is 3.44. The number of benzene rings is 1. The Kier molecular flexibility index (Phi) is 5.62. The van der Waals surface area contributed by atoms with Gasteiger partial charge in [-0.05, 0) is 25.8 Å². The van der Waals surface area contributed by atoms with Crippen molar-refractivity contribution in [3.8, 4) is 0 Å². The van der Waals surface area contributed by atoms with Gasteiger partial charge in [0.15, 0.2) is 0 Å². The van der Waals surface area contributed by atoms with Gasteiger partial charge in [0.05, 0.1) is 10.3 Å². The fourth-order valence-corrected chi connectivity index (χ4v) is 2.20. The van der Waals surface area contributed by atoms with Gasteiger partial charge < -0.3 is 10.0 Å². The van der Waals surface area contributed by atoms with Crippen LogP contribution in [-0.4, -0.2) is 39.9 Å². The predicted molar refractivity (Wildman–Crippen MR) is 80.6 cm³/mol. The molecule has 0 bridgehead atoms. The molecule has 0 aliphatic carbocycles. The van der Waals surface area contributed by atoms with Crippen LogP contribution in [0.5, 0.6) is 0 Å². The van der Waals surface area contributed by atoms with Crippen LogP contribution < -0.4 is 0 Å². The normalized spacial score (nSPS) is 11.0. The molecular formula is C15H20N2O5. The minimum atomic E-state index is -1.07. The van der Waals surface area contributed by atoms with Crippen molar-refractivity contribution in [3.05, 3.63) is 39.9 Å². The fraction of sp³-hybridized carbons (Fsp3) is 0.467. The van der Waals surface area contributed by atoms with E-state index in [1.54, 1.807) is 13.8 Å². The van der Waals surface area contributed by atoms with E-state index < -0.39 is 16.3 Å². The van der Waals surface area contributed by atoms with E-state index in [0.29, 0.717) is 18.5 Å². The summed E-state index contributed by atoms with van der Waals surface area (Å²) in [5.41, 5.74) is -0.405. The molecule has 7 nitrogen and oxygen atoms in total. The standard InChI is InChI=1S/C15H20N2O5/c1-4-9-16(10-13(18)19)14(20)15(2,3)11-5-7-12(8-6-11)17(21)22/h5-8H,4,9-10H2,1-3H3,(H,18,19). The molecule has 0 atom stereocenters. The molecule has 0 aliphatic heterocycles. The second kappa shape index (κ2) is 7.02. The molecule has 1 aromatic carbocycles. The van der Waals surface area contributed by atoms with Crippen molar-refractivity contribution in [2.75, 3.05) is 13.1 Å². The van der Waals surface area contributed by atoms with E-state index in [0.717, 1.165) is 0 Å². The van der Waals surface area contributed by atoms with E-state index in [9.17, 15) is 19.7 Å². The van der Waals surface area contributed by atoms with E-state index >= 15 is 0 Å². The van der Waals surface area contributed by atoms with Crippen LogP contribution in [0.2, 0.25) is 0 Å². The number of nitro groups is 1. The van der Waals surface area contributed by atoms with Crippen LogP contribution in [0.15, 0.2) is 24.3 Å². The van der Waals surface area contributed by atoms with Crippen LogP contribution in [0.1, 0.15) is 32.8 Å². The summed E-state index contributed by atoms with van der Waals surface area (Å²) in [6.45, 7) is 5.22. The highest BCUT2D eigenvalue weighted by molar-refractivity contribution is 5.89. The monoisotopic (exact) mass is 308 g/mol. The van der Waals surface area contributed by atoms with Gasteiger partial charge in [0, 0.05) is 18.7 Å². The Bertz CT molecular complexity index is 566. The van der Waals surface area contributed by atoms with Gasteiger partial charge in [-0.3, -0.25) is 19.7 Å². The topological polar surface area (TPSA) is 101 Å². The zero-order chi connectivity index (χ0) is 16.9. The Labute approximate surface area is 128 Å². The van der Waals surface area contributed by atoms with Crippen LogP contribution in [-0.2, 0) is 15.0 Å². The summed E-state index contributed by atoms with van der Waals surface area (Å²) >= 11 is 0. The van der Waals surface area contributed by atoms with Gasteiger partial charge in [-0.15, -0.1) is 0 Å². The SMILES string of the molecule is CCCN(CC(=O)O)C(=O)C(C)(C)c1ccc([N+](=O)[O-])cc1. The van der Waals surface area contributed by atoms with Crippen LogP contribution in [0, 0.1) is 10.1 Å². The molecule has 0 radical (unpaired) electrons. The van der Waals surface area contributed by atoms with Crippen molar-refractivity contribution in [1.82, 2.24) is 4.90 Å². The second-order valence-corrected chi connectivity index (χ2v) is 5.55. The zero-order valence-electron chi connectivity index (χ0n) is 12.9. The molecule has 0 unspecified atom stereocenters. The van der Waals surface area contributed by atoms with E-state index in [4.69, 9.17) is 5.11 Å². The summed E-state index contributed by atoms with van der Waals surface area (Å²) in [6.07, 6.45) is 0.648. The molecule has 120 valence electrons. The van der Waals surface area contributed by atoms with Gasteiger partial charge in [-0.25, -0.2) is 0 Å². The van der Waals surface area contributed by atoms with E-state index in [2.05, 4.69) is 0 Å². The average Bonchev–Trinajstić information content (AvgIpc) is 2.45. The largest absolute Gasteiger partial charge is 0.480 e. The third kappa shape index (κ3) is 4.03. The maximum atomic E-state index is 12.6. The Morgan fingerprint density at radius 3 is 2.23 bits per heavy atom. The molecule has 1 aromatic rings. The summed E-state index contributed by atoms with van der Waals surface area (Å²) < 4.78 is 0. The van der Waals surface area contributed by atoms with Crippen molar-refractivity contribution in [2.24, 2.45) is 0 Å². The highest BCUT2D eigenvalue weighted by Gasteiger charge is 2.34. The highest BCUT2D eigenvalue weighted by atomic mass is 16.6. The van der Waals surface area contributed by atoms with Crippen LogP contribution in [0.4, 0.5) is 5.69 Å². The first-order chi connectivity index (χ1) is 10.2. The Hall–Kier alpha value is -2.44. The van der Waals surface area contributed by atoms with Crippen molar-refractivity contribution in [1.29, 1.82) is 0 Å². The molecule has 0 heterocycles. The van der Waals surface area contributed by atoms with E-state index in [-0.39, 0.29) is 18.1 Å². The maximum Gasteiger partial charge on any atom is 0.323 e. The Morgan fingerprint density at radius 1 is 1.27 bits per heavy atom. The lowest BCUT2D eigenvalue weighted by molar-refractivity contribution is -0.384. The molecule has 0 aromatic heterocycles. The second-order valence-electron chi connectivity index (χ2n) is 5.55. The summed E-state index contributed by atoms with van der Waals surface area (Å²) in [5.74, 6) is -1.38. The summed E-state index contributed by atoms with van der Waals surface area (Å²) in [4.78, 5) is 35.0. The van der Waals surface area contributed by atoms with Gasteiger partial charge in [-0.2, -0.15) is 0 Å². The summed E-state index contributed by atoms with van der Waals surface area (Å²) in [5, 5.41) is 19.6. The lowest BCUT2D eigenvalue weighted by atomic mass is 9.83. The van der Waals surface area contributed by atoms with Crippen molar-refractivity contribution in [2.45, 2.75) is 32.6 Å². The number of non-ortho nitro benzene ring substituents is 1. The number of nitrogens with zero attached hydrogens (tertiary/aromatic N) is 2. The Morgan fingerprint density at radius 2 is 1.82 bits per heavy atom. The zero-order valence-corrected chi connectivity index (χ0v) is 12.9. The first kappa shape index (κ1) is 17.6. The van der Waals surface area contributed by atoms with Crippen molar-refractivity contribution >= 4 is 17.6 Å².